The smallest absolute Gasteiger partial charge is 0.256 e. The Bertz CT molecular complexity index is 1180. The summed E-state index contributed by atoms with van der Waals surface area (Å²) in [5.74, 6) is 1.15. The van der Waals surface area contributed by atoms with Crippen LogP contribution < -0.4 is 10.2 Å². The maximum atomic E-state index is 12.7. The van der Waals surface area contributed by atoms with Gasteiger partial charge >= 0.3 is 0 Å². The number of aromatic nitrogens is 3. The van der Waals surface area contributed by atoms with Crippen molar-refractivity contribution < 1.29 is 4.79 Å². The molecule has 0 atom stereocenters. The van der Waals surface area contributed by atoms with Crippen LogP contribution in [0.15, 0.2) is 91.5 Å². The highest BCUT2D eigenvalue weighted by atomic mass is 16.1. The van der Waals surface area contributed by atoms with Gasteiger partial charge in [0.1, 0.15) is 18.0 Å². The van der Waals surface area contributed by atoms with E-state index in [0.29, 0.717) is 11.4 Å². The van der Waals surface area contributed by atoms with Crippen molar-refractivity contribution in [2.24, 2.45) is 0 Å². The second-order valence-electron chi connectivity index (χ2n) is 8.10. The number of hydrogen-bond acceptors (Lipinski definition) is 5. The summed E-state index contributed by atoms with van der Waals surface area (Å²) < 4.78 is 2.00. The zero-order valence-corrected chi connectivity index (χ0v) is 18.3. The molecule has 0 aliphatic carbocycles. The van der Waals surface area contributed by atoms with E-state index in [0.717, 1.165) is 44.2 Å². The molecule has 5 rings (SSSR count). The summed E-state index contributed by atoms with van der Waals surface area (Å²) >= 11 is 0. The summed E-state index contributed by atoms with van der Waals surface area (Å²) in [5, 5.41) is 2.90. The van der Waals surface area contributed by atoms with Crippen LogP contribution in [0, 0.1) is 0 Å². The Morgan fingerprint density at radius 2 is 1.58 bits per heavy atom. The molecule has 0 unspecified atom stereocenters. The van der Waals surface area contributed by atoms with Gasteiger partial charge in [0.15, 0.2) is 0 Å². The van der Waals surface area contributed by atoms with Gasteiger partial charge in [0.05, 0.1) is 0 Å². The van der Waals surface area contributed by atoms with Crippen molar-refractivity contribution in [3.63, 3.8) is 0 Å². The van der Waals surface area contributed by atoms with Crippen LogP contribution in [-0.2, 0) is 6.54 Å². The van der Waals surface area contributed by atoms with Gasteiger partial charge in [-0.2, -0.15) is 0 Å². The summed E-state index contributed by atoms with van der Waals surface area (Å²) in [5.41, 5.74) is 2.92. The number of benzene rings is 2. The molecule has 166 valence electrons. The van der Waals surface area contributed by atoms with Gasteiger partial charge in [0.25, 0.3) is 5.91 Å². The van der Waals surface area contributed by atoms with Crippen molar-refractivity contribution in [3.8, 4) is 5.69 Å². The molecule has 2 aromatic carbocycles. The summed E-state index contributed by atoms with van der Waals surface area (Å²) in [6.45, 7) is 4.67. The molecule has 0 saturated carbocycles. The van der Waals surface area contributed by atoms with Crippen LogP contribution in [-0.4, -0.2) is 51.5 Å². The highest BCUT2D eigenvalue weighted by Crippen LogP contribution is 2.18. The van der Waals surface area contributed by atoms with Crippen molar-refractivity contribution in [1.29, 1.82) is 0 Å². The zero-order valence-electron chi connectivity index (χ0n) is 18.3. The Hall–Kier alpha value is -3.97. The minimum absolute atomic E-state index is 0.189. The number of amides is 1. The Labute approximate surface area is 193 Å². The monoisotopic (exact) mass is 438 g/mol. The third-order valence-corrected chi connectivity index (χ3v) is 5.87. The number of rotatable bonds is 6. The van der Waals surface area contributed by atoms with Crippen molar-refractivity contribution >= 4 is 17.5 Å². The first-order valence-electron chi connectivity index (χ1n) is 11.1. The maximum absolute atomic E-state index is 12.7. The lowest BCUT2D eigenvalue weighted by Crippen LogP contribution is -2.46. The Morgan fingerprint density at radius 1 is 0.848 bits per heavy atom. The second-order valence-corrected chi connectivity index (χ2v) is 8.10. The van der Waals surface area contributed by atoms with E-state index in [2.05, 4.69) is 49.4 Å². The molecular weight excluding hydrogens is 412 g/mol. The standard InChI is InChI=1S/C26H26N6O/c33-26(22-8-10-23(11-9-22)31-12-4-5-13-31)29-24-18-25(28-20-27-24)32-16-14-30(15-17-32)19-21-6-2-1-3-7-21/h1-13,18,20H,14-17,19H2,(H,27,28,29,33). The fourth-order valence-electron chi connectivity index (χ4n) is 4.05. The van der Waals surface area contributed by atoms with Gasteiger partial charge in [0.2, 0.25) is 0 Å². The third kappa shape index (κ3) is 5.10. The van der Waals surface area contributed by atoms with E-state index in [9.17, 15) is 4.79 Å². The summed E-state index contributed by atoms with van der Waals surface area (Å²) in [6, 6.07) is 23.8. The van der Waals surface area contributed by atoms with Crippen LogP contribution in [0.5, 0.6) is 0 Å². The number of hydrogen-bond donors (Lipinski definition) is 1. The van der Waals surface area contributed by atoms with Crippen LogP contribution in [0.3, 0.4) is 0 Å². The Kier molecular flexibility index (Phi) is 6.12. The maximum Gasteiger partial charge on any atom is 0.256 e. The minimum Gasteiger partial charge on any atom is -0.354 e. The molecule has 0 spiro atoms. The van der Waals surface area contributed by atoms with Gasteiger partial charge in [-0.05, 0) is 42.0 Å². The van der Waals surface area contributed by atoms with Gasteiger partial charge in [-0.15, -0.1) is 0 Å². The predicted molar refractivity (Wildman–Crippen MR) is 130 cm³/mol. The molecule has 33 heavy (non-hydrogen) atoms. The average molecular weight is 439 g/mol. The Balaban J connectivity index is 1.18. The number of carbonyl (C=O) groups is 1. The average Bonchev–Trinajstić information content (AvgIpc) is 3.41. The zero-order chi connectivity index (χ0) is 22.5. The molecule has 1 aliphatic rings. The first-order chi connectivity index (χ1) is 16.2. The van der Waals surface area contributed by atoms with Gasteiger partial charge < -0.3 is 14.8 Å². The van der Waals surface area contributed by atoms with Crippen LogP contribution in [0.25, 0.3) is 5.69 Å². The highest BCUT2D eigenvalue weighted by molar-refractivity contribution is 6.04. The molecule has 1 aliphatic heterocycles. The normalized spacial score (nSPS) is 14.2. The number of carbonyl (C=O) groups excluding carboxylic acids is 1. The number of anilines is 2. The predicted octanol–water partition coefficient (Wildman–Crippen LogP) is 3.84. The molecule has 1 N–H and O–H groups in total. The largest absolute Gasteiger partial charge is 0.354 e. The summed E-state index contributed by atoms with van der Waals surface area (Å²) in [4.78, 5) is 26.1. The lowest BCUT2D eigenvalue weighted by molar-refractivity contribution is 0.102. The molecule has 0 bridgehead atoms. The van der Waals surface area contributed by atoms with E-state index in [-0.39, 0.29) is 5.91 Å². The van der Waals surface area contributed by atoms with Gasteiger partial charge in [-0.25, -0.2) is 9.97 Å². The van der Waals surface area contributed by atoms with Crippen LogP contribution in [0.1, 0.15) is 15.9 Å². The molecule has 2 aromatic heterocycles. The van der Waals surface area contributed by atoms with E-state index in [4.69, 9.17) is 0 Å². The van der Waals surface area contributed by atoms with Gasteiger partial charge in [-0.1, -0.05) is 30.3 Å². The molecule has 7 heteroatoms. The topological polar surface area (TPSA) is 66.3 Å². The number of nitrogens with zero attached hydrogens (tertiary/aromatic N) is 5. The van der Waals surface area contributed by atoms with Crippen LogP contribution in [0.2, 0.25) is 0 Å². The molecule has 1 fully saturated rings. The van der Waals surface area contributed by atoms with Crippen molar-refractivity contribution in [2.75, 3.05) is 36.4 Å². The van der Waals surface area contributed by atoms with E-state index in [1.54, 1.807) is 0 Å². The SMILES string of the molecule is O=C(Nc1cc(N2CCN(Cc3ccccc3)CC2)ncn1)c1ccc(-n2cccc2)cc1. The lowest BCUT2D eigenvalue weighted by Gasteiger charge is -2.35. The molecular formula is C26H26N6O. The van der Waals surface area contributed by atoms with E-state index in [1.807, 2.05) is 65.5 Å². The lowest BCUT2D eigenvalue weighted by atomic mass is 10.2. The number of nitrogens with one attached hydrogen (secondary N) is 1. The van der Waals surface area contributed by atoms with Crippen LogP contribution in [0.4, 0.5) is 11.6 Å². The number of piperazine rings is 1. The third-order valence-electron chi connectivity index (χ3n) is 5.87. The molecule has 1 amide bonds. The molecule has 1 saturated heterocycles. The fourth-order valence-corrected chi connectivity index (χ4v) is 4.05. The summed E-state index contributed by atoms with van der Waals surface area (Å²) in [6.07, 6.45) is 5.45. The van der Waals surface area contributed by atoms with E-state index < -0.39 is 0 Å². The van der Waals surface area contributed by atoms with Crippen molar-refractivity contribution in [3.05, 3.63) is 103 Å². The van der Waals surface area contributed by atoms with Gasteiger partial charge in [0, 0.05) is 62.4 Å². The summed E-state index contributed by atoms with van der Waals surface area (Å²) in [7, 11) is 0. The quantitative estimate of drug-likeness (QED) is 0.496. The Morgan fingerprint density at radius 3 is 2.30 bits per heavy atom. The second kappa shape index (κ2) is 9.67. The van der Waals surface area contributed by atoms with Crippen molar-refractivity contribution in [1.82, 2.24) is 19.4 Å². The van der Waals surface area contributed by atoms with Gasteiger partial charge in [-0.3, -0.25) is 9.69 Å². The first-order valence-corrected chi connectivity index (χ1v) is 11.1. The first kappa shape index (κ1) is 20.9. The van der Waals surface area contributed by atoms with Crippen molar-refractivity contribution in [2.45, 2.75) is 6.54 Å². The molecule has 3 heterocycles. The molecule has 0 radical (unpaired) electrons. The van der Waals surface area contributed by atoms with E-state index >= 15 is 0 Å². The minimum atomic E-state index is -0.189. The molecule has 7 nitrogen and oxygen atoms in total. The van der Waals surface area contributed by atoms with E-state index in [1.165, 1.54) is 11.9 Å². The highest BCUT2D eigenvalue weighted by Gasteiger charge is 2.19. The fraction of sp³-hybridized carbons (Fsp3) is 0.192. The molecule has 4 aromatic rings. The van der Waals surface area contributed by atoms with Crippen LogP contribution >= 0.6 is 0 Å².